The van der Waals surface area contributed by atoms with Crippen LogP contribution in [0.3, 0.4) is 0 Å². The molecule has 24 heavy (non-hydrogen) atoms. The van der Waals surface area contributed by atoms with Crippen LogP contribution in [0, 0.1) is 0 Å². The van der Waals surface area contributed by atoms with Gasteiger partial charge in [-0.3, -0.25) is 9.48 Å². The fourth-order valence-corrected chi connectivity index (χ4v) is 2.52. The molecular formula is C18H26N4O2. The second-order valence-electron chi connectivity index (χ2n) is 5.61. The lowest BCUT2D eigenvalue weighted by Crippen LogP contribution is -2.34. The van der Waals surface area contributed by atoms with Gasteiger partial charge in [0.25, 0.3) is 0 Å². The topological polar surface area (TPSA) is 59.4 Å². The third-order valence-corrected chi connectivity index (χ3v) is 3.62. The first-order valence-electron chi connectivity index (χ1n) is 8.33. The van der Waals surface area contributed by atoms with E-state index in [-0.39, 0.29) is 12.5 Å². The van der Waals surface area contributed by atoms with Gasteiger partial charge in [0, 0.05) is 24.2 Å². The summed E-state index contributed by atoms with van der Waals surface area (Å²) in [7, 11) is 3.96. The maximum atomic E-state index is 12.1. The summed E-state index contributed by atoms with van der Waals surface area (Å²) in [4.78, 5) is 14.1. The third-order valence-electron chi connectivity index (χ3n) is 3.62. The molecule has 0 aliphatic carbocycles. The minimum Gasteiger partial charge on any atom is -0.488 e. The molecule has 1 aromatic carbocycles. The van der Waals surface area contributed by atoms with Crippen LogP contribution in [-0.2, 0) is 17.9 Å². The Labute approximate surface area is 143 Å². The number of carbonyl (C=O) groups excluding carboxylic acids is 1. The maximum Gasteiger partial charge on any atom is 0.241 e. The Morgan fingerprint density at radius 2 is 2.08 bits per heavy atom. The Hall–Kier alpha value is -2.34. The highest BCUT2D eigenvalue weighted by molar-refractivity contribution is 5.78. The quantitative estimate of drug-likeness (QED) is 0.912. The summed E-state index contributed by atoms with van der Waals surface area (Å²) in [6, 6.07) is 7.84. The molecule has 0 unspecified atom stereocenters. The fraction of sp³-hybridized carbons (Fsp3) is 0.444. The van der Waals surface area contributed by atoms with Gasteiger partial charge in [0.05, 0.1) is 11.9 Å². The maximum absolute atomic E-state index is 12.1. The van der Waals surface area contributed by atoms with Crippen LogP contribution in [0.25, 0.3) is 11.3 Å². The number of nitrogens with one attached hydrogen (secondary N) is 1. The fourth-order valence-electron chi connectivity index (χ4n) is 2.52. The zero-order chi connectivity index (χ0) is 17.5. The van der Waals surface area contributed by atoms with Crippen LogP contribution in [0.4, 0.5) is 0 Å². The molecule has 2 heterocycles. The molecule has 1 aromatic heterocycles. The normalized spacial score (nSPS) is 11.7. The zero-order valence-electron chi connectivity index (χ0n) is 14.9. The van der Waals surface area contributed by atoms with Crippen molar-refractivity contribution in [1.82, 2.24) is 20.0 Å². The summed E-state index contributed by atoms with van der Waals surface area (Å²) in [6.07, 6.45) is 1.78. The lowest BCUT2D eigenvalue weighted by Gasteiger charge is -2.19. The van der Waals surface area contributed by atoms with Gasteiger partial charge in [-0.1, -0.05) is 26.0 Å². The molecule has 1 N–H and O–H groups in total. The van der Waals surface area contributed by atoms with Gasteiger partial charge >= 0.3 is 0 Å². The molecule has 1 aliphatic rings. The number of amides is 1. The predicted molar refractivity (Wildman–Crippen MR) is 94.9 cm³/mol. The molecule has 3 rings (SSSR count). The summed E-state index contributed by atoms with van der Waals surface area (Å²) in [5.41, 5.74) is 2.98. The number of ether oxygens (including phenoxy) is 1. The average Bonchev–Trinajstić information content (AvgIpc) is 2.99. The highest BCUT2D eigenvalue weighted by atomic mass is 16.5. The molecule has 0 fully saturated rings. The first kappa shape index (κ1) is 18.0. The molecule has 0 saturated heterocycles. The van der Waals surface area contributed by atoms with Gasteiger partial charge in [-0.05, 0) is 26.2 Å². The molecule has 0 spiro atoms. The second kappa shape index (κ2) is 8.49. The van der Waals surface area contributed by atoms with E-state index in [9.17, 15) is 4.79 Å². The van der Waals surface area contributed by atoms with E-state index in [0.717, 1.165) is 29.1 Å². The average molecular weight is 330 g/mol. The van der Waals surface area contributed by atoms with Crippen molar-refractivity contribution in [2.75, 3.05) is 27.2 Å². The van der Waals surface area contributed by atoms with Gasteiger partial charge in [-0.2, -0.15) is 5.10 Å². The number of likely N-dealkylation sites (N-methyl/N-ethyl adjacent to an activating group) is 1. The van der Waals surface area contributed by atoms with Gasteiger partial charge in [0.1, 0.15) is 18.9 Å². The van der Waals surface area contributed by atoms with Crippen LogP contribution in [0.1, 0.15) is 19.4 Å². The molecule has 6 nitrogen and oxygen atoms in total. The van der Waals surface area contributed by atoms with E-state index in [1.165, 1.54) is 0 Å². The number of aromatic nitrogens is 2. The van der Waals surface area contributed by atoms with Crippen LogP contribution < -0.4 is 10.1 Å². The van der Waals surface area contributed by atoms with Crippen molar-refractivity contribution in [1.29, 1.82) is 0 Å². The third kappa shape index (κ3) is 4.14. The van der Waals surface area contributed by atoms with Crippen molar-refractivity contribution >= 4 is 5.91 Å². The van der Waals surface area contributed by atoms with Gasteiger partial charge in [0.15, 0.2) is 0 Å². The van der Waals surface area contributed by atoms with E-state index >= 15 is 0 Å². The van der Waals surface area contributed by atoms with Gasteiger partial charge in [-0.25, -0.2) is 0 Å². The number of para-hydroxylation sites is 1. The van der Waals surface area contributed by atoms with E-state index < -0.39 is 0 Å². The molecule has 0 atom stereocenters. The number of hydrogen-bond donors (Lipinski definition) is 1. The van der Waals surface area contributed by atoms with E-state index in [2.05, 4.69) is 10.4 Å². The van der Waals surface area contributed by atoms with Crippen molar-refractivity contribution in [3.63, 3.8) is 0 Å². The predicted octanol–water partition coefficient (Wildman–Crippen LogP) is 2.15. The van der Waals surface area contributed by atoms with Crippen molar-refractivity contribution in [2.45, 2.75) is 27.0 Å². The molecule has 0 radical (unpaired) electrons. The minimum atomic E-state index is -0.0308. The smallest absolute Gasteiger partial charge is 0.241 e. The molecular weight excluding hydrogens is 304 g/mol. The van der Waals surface area contributed by atoms with Crippen LogP contribution in [0.5, 0.6) is 5.75 Å². The Bertz CT molecular complexity index is 679. The molecule has 0 saturated carbocycles. The van der Waals surface area contributed by atoms with Gasteiger partial charge in [0.2, 0.25) is 5.91 Å². The Morgan fingerprint density at radius 3 is 2.83 bits per heavy atom. The molecule has 1 amide bonds. The SMILES string of the molecule is CC.CN(C)CCNC(=O)Cn1ncc2c1-c1ccccc1OC2. The van der Waals surface area contributed by atoms with E-state index in [1.54, 1.807) is 10.9 Å². The number of fused-ring (bicyclic) bond motifs is 3. The van der Waals surface area contributed by atoms with Crippen molar-refractivity contribution in [3.8, 4) is 17.0 Å². The number of carbonyl (C=O) groups is 1. The Kier molecular flexibility index (Phi) is 6.37. The van der Waals surface area contributed by atoms with Gasteiger partial charge < -0.3 is 15.0 Å². The first-order chi connectivity index (χ1) is 11.6. The summed E-state index contributed by atoms with van der Waals surface area (Å²) in [6.45, 7) is 6.17. The van der Waals surface area contributed by atoms with Crippen molar-refractivity contribution in [3.05, 3.63) is 36.0 Å². The van der Waals surface area contributed by atoms with Crippen LogP contribution in [0.2, 0.25) is 0 Å². The highest BCUT2D eigenvalue weighted by Gasteiger charge is 2.22. The minimum absolute atomic E-state index is 0.0308. The highest BCUT2D eigenvalue weighted by Crippen LogP contribution is 2.36. The van der Waals surface area contributed by atoms with Crippen LogP contribution in [0.15, 0.2) is 30.5 Å². The summed E-state index contributed by atoms with van der Waals surface area (Å²) in [5, 5.41) is 7.26. The van der Waals surface area contributed by atoms with E-state index in [4.69, 9.17) is 4.74 Å². The van der Waals surface area contributed by atoms with Crippen LogP contribution >= 0.6 is 0 Å². The monoisotopic (exact) mass is 330 g/mol. The largest absolute Gasteiger partial charge is 0.488 e. The molecule has 0 bridgehead atoms. The second-order valence-corrected chi connectivity index (χ2v) is 5.61. The number of nitrogens with zero attached hydrogens (tertiary/aromatic N) is 3. The number of rotatable bonds is 5. The standard InChI is InChI=1S/C16H20N4O2.C2H6/c1-19(2)8-7-17-15(21)10-20-16-12(9-18-20)11-22-14-6-4-3-5-13(14)16;1-2/h3-6,9H,7-8,10-11H2,1-2H3,(H,17,21);1-2H3. The molecule has 2 aromatic rings. The lowest BCUT2D eigenvalue weighted by atomic mass is 10.0. The van der Waals surface area contributed by atoms with Crippen LogP contribution in [-0.4, -0.2) is 47.8 Å². The van der Waals surface area contributed by atoms with E-state index in [0.29, 0.717) is 13.2 Å². The first-order valence-corrected chi connectivity index (χ1v) is 8.33. The Morgan fingerprint density at radius 1 is 1.33 bits per heavy atom. The zero-order valence-corrected chi connectivity index (χ0v) is 14.9. The Balaban J connectivity index is 0.00000100. The summed E-state index contributed by atoms with van der Waals surface area (Å²) >= 11 is 0. The molecule has 6 heteroatoms. The van der Waals surface area contributed by atoms with E-state index in [1.807, 2.05) is 57.1 Å². The summed E-state index contributed by atoms with van der Waals surface area (Å²) < 4.78 is 7.45. The number of benzene rings is 1. The van der Waals surface area contributed by atoms with Crippen molar-refractivity contribution < 1.29 is 9.53 Å². The van der Waals surface area contributed by atoms with Crippen molar-refractivity contribution in [2.24, 2.45) is 0 Å². The molecule has 1 aliphatic heterocycles. The molecule has 130 valence electrons. The number of hydrogen-bond acceptors (Lipinski definition) is 4. The van der Waals surface area contributed by atoms with Gasteiger partial charge in [-0.15, -0.1) is 0 Å². The lowest BCUT2D eigenvalue weighted by molar-refractivity contribution is -0.121. The summed E-state index contributed by atoms with van der Waals surface area (Å²) in [5.74, 6) is 0.807.